The number of piperazine rings is 1. The van der Waals surface area contributed by atoms with Crippen LogP contribution in [0.25, 0.3) is 0 Å². The summed E-state index contributed by atoms with van der Waals surface area (Å²) in [6.45, 7) is 5.43. The van der Waals surface area contributed by atoms with E-state index in [1.807, 2.05) is 24.4 Å². The molecule has 3 rings (SSSR count). The van der Waals surface area contributed by atoms with E-state index >= 15 is 0 Å². The highest BCUT2D eigenvalue weighted by atomic mass is 16.5. The second kappa shape index (κ2) is 7.27. The lowest BCUT2D eigenvalue weighted by Gasteiger charge is -2.35. The molecule has 1 aliphatic heterocycles. The van der Waals surface area contributed by atoms with Gasteiger partial charge in [0.05, 0.1) is 7.11 Å². The Morgan fingerprint density at radius 3 is 2.41 bits per heavy atom. The fourth-order valence-electron chi connectivity index (χ4n) is 2.82. The van der Waals surface area contributed by atoms with E-state index in [2.05, 4.69) is 39.0 Å². The van der Waals surface area contributed by atoms with Crippen LogP contribution in [0.4, 0.5) is 5.82 Å². The predicted octanol–water partition coefficient (Wildman–Crippen LogP) is 2.45. The third-order valence-corrected chi connectivity index (χ3v) is 4.22. The van der Waals surface area contributed by atoms with Gasteiger partial charge in [0, 0.05) is 38.9 Å². The summed E-state index contributed by atoms with van der Waals surface area (Å²) in [5, 5.41) is 0. The molecule has 0 bridgehead atoms. The van der Waals surface area contributed by atoms with Crippen molar-refractivity contribution in [3.05, 3.63) is 54.2 Å². The van der Waals surface area contributed by atoms with Crippen molar-refractivity contribution >= 4 is 5.82 Å². The van der Waals surface area contributed by atoms with Crippen LogP contribution in [-0.2, 0) is 6.42 Å². The lowest BCUT2D eigenvalue weighted by molar-refractivity contribution is 0.260. The lowest BCUT2D eigenvalue weighted by Crippen LogP contribution is -2.47. The van der Waals surface area contributed by atoms with Gasteiger partial charge in [-0.1, -0.05) is 18.2 Å². The first-order valence-electron chi connectivity index (χ1n) is 7.86. The minimum absolute atomic E-state index is 0.924. The molecule has 0 spiro atoms. The van der Waals surface area contributed by atoms with E-state index in [1.54, 1.807) is 7.11 Å². The maximum atomic E-state index is 5.20. The fourth-order valence-corrected chi connectivity index (χ4v) is 2.82. The Morgan fingerprint density at radius 1 is 1.00 bits per heavy atom. The zero-order chi connectivity index (χ0) is 15.2. The summed E-state index contributed by atoms with van der Waals surface area (Å²) in [6.07, 6.45) is 2.96. The van der Waals surface area contributed by atoms with Crippen molar-refractivity contribution in [3.63, 3.8) is 0 Å². The van der Waals surface area contributed by atoms with Crippen molar-refractivity contribution in [1.82, 2.24) is 9.88 Å². The van der Waals surface area contributed by atoms with Crippen LogP contribution in [0.3, 0.4) is 0 Å². The molecule has 0 aliphatic carbocycles. The SMILES string of the molecule is COc1ccc(CCN2CCN(c3ccccn3)CC2)cc1. The average molecular weight is 297 g/mol. The monoisotopic (exact) mass is 297 g/mol. The van der Waals surface area contributed by atoms with Gasteiger partial charge in [-0.05, 0) is 36.2 Å². The number of hydrogen-bond acceptors (Lipinski definition) is 4. The van der Waals surface area contributed by atoms with Crippen LogP contribution < -0.4 is 9.64 Å². The number of aromatic nitrogens is 1. The van der Waals surface area contributed by atoms with Crippen molar-refractivity contribution in [2.24, 2.45) is 0 Å². The Morgan fingerprint density at radius 2 is 1.77 bits per heavy atom. The second-order valence-corrected chi connectivity index (χ2v) is 5.61. The molecule has 1 aromatic heterocycles. The number of ether oxygens (including phenoxy) is 1. The number of rotatable bonds is 5. The van der Waals surface area contributed by atoms with Crippen molar-refractivity contribution in [2.75, 3.05) is 44.7 Å². The number of methoxy groups -OCH3 is 1. The summed E-state index contributed by atoms with van der Waals surface area (Å²) in [4.78, 5) is 9.33. The standard InChI is InChI=1S/C18H23N3O/c1-22-17-7-5-16(6-8-17)9-11-20-12-14-21(15-13-20)18-4-2-3-10-19-18/h2-8,10H,9,11-15H2,1H3. The number of benzene rings is 1. The first-order valence-corrected chi connectivity index (χ1v) is 7.86. The second-order valence-electron chi connectivity index (χ2n) is 5.61. The van der Waals surface area contributed by atoms with E-state index in [0.717, 1.165) is 50.7 Å². The maximum Gasteiger partial charge on any atom is 0.128 e. The molecule has 4 heteroatoms. The molecule has 0 amide bonds. The molecule has 0 atom stereocenters. The normalized spacial score (nSPS) is 15.8. The van der Waals surface area contributed by atoms with Crippen molar-refractivity contribution < 1.29 is 4.74 Å². The van der Waals surface area contributed by atoms with Crippen LogP contribution >= 0.6 is 0 Å². The number of anilines is 1. The molecular formula is C18H23N3O. The summed E-state index contributed by atoms with van der Waals surface area (Å²) in [5.74, 6) is 2.02. The first kappa shape index (κ1) is 14.9. The molecule has 2 heterocycles. The van der Waals surface area contributed by atoms with Gasteiger partial charge in [-0.2, -0.15) is 0 Å². The van der Waals surface area contributed by atoms with Crippen molar-refractivity contribution in [3.8, 4) is 5.75 Å². The molecule has 4 nitrogen and oxygen atoms in total. The van der Waals surface area contributed by atoms with Crippen LogP contribution in [0, 0.1) is 0 Å². The molecule has 0 N–H and O–H groups in total. The van der Waals surface area contributed by atoms with Gasteiger partial charge in [0.2, 0.25) is 0 Å². The van der Waals surface area contributed by atoms with E-state index < -0.39 is 0 Å². The highest BCUT2D eigenvalue weighted by Crippen LogP contribution is 2.14. The Hall–Kier alpha value is -2.07. The molecule has 2 aromatic rings. The van der Waals surface area contributed by atoms with Gasteiger partial charge >= 0.3 is 0 Å². The van der Waals surface area contributed by atoms with Gasteiger partial charge in [-0.15, -0.1) is 0 Å². The average Bonchev–Trinajstić information content (AvgIpc) is 2.61. The third kappa shape index (κ3) is 3.77. The molecule has 1 aromatic carbocycles. The lowest BCUT2D eigenvalue weighted by atomic mass is 10.1. The zero-order valence-electron chi connectivity index (χ0n) is 13.1. The largest absolute Gasteiger partial charge is 0.497 e. The summed E-state index contributed by atoms with van der Waals surface area (Å²) < 4.78 is 5.20. The maximum absolute atomic E-state index is 5.20. The van der Waals surface area contributed by atoms with Crippen LogP contribution in [0.5, 0.6) is 5.75 Å². The van der Waals surface area contributed by atoms with Crippen molar-refractivity contribution in [2.45, 2.75) is 6.42 Å². The molecule has 0 saturated carbocycles. The van der Waals surface area contributed by atoms with Crippen LogP contribution in [-0.4, -0.2) is 49.7 Å². The number of hydrogen-bond donors (Lipinski definition) is 0. The Kier molecular flexibility index (Phi) is 4.91. The zero-order valence-corrected chi connectivity index (χ0v) is 13.1. The molecule has 1 saturated heterocycles. The number of pyridine rings is 1. The highest BCUT2D eigenvalue weighted by Gasteiger charge is 2.17. The molecule has 116 valence electrons. The van der Waals surface area contributed by atoms with Gasteiger partial charge in [0.1, 0.15) is 11.6 Å². The fraction of sp³-hybridized carbons (Fsp3) is 0.389. The van der Waals surface area contributed by atoms with E-state index in [9.17, 15) is 0 Å². The first-order chi connectivity index (χ1) is 10.8. The molecule has 22 heavy (non-hydrogen) atoms. The van der Waals surface area contributed by atoms with Crippen LogP contribution in [0.15, 0.2) is 48.7 Å². The smallest absolute Gasteiger partial charge is 0.128 e. The third-order valence-electron chi connectivity index (χ3n) is 4.22. The minimum Gasteiger partial charge on any atom is -0.497 e. The summed E-state index contributed by atoms with van der Waals surface area (Å²) in [6, 6.07) is 14.5. The predicted molar refractivity (Wildman–Crippen MR) is 89.6 cm³/mol. The highest BCUT2D eigenvalue weighted by molar-refractivity contribution is 5.38. The summed E-state index contributed by atoms with van der Waals surface area (Å²) in [5.41, 5.74) is 1.37. The molecule has 0 unspecified atom stereocenters. The van der Waals surface area contributed by atoms with Crippen LogP contribution in [0.1, 0.15) is 5.56 Å². The minimum atomic E-state index is 0.924. The summed E-state index contributed by atoms with van der Waals surface area (Å²) in [7, 11) is 1.70. The van der Waals surface area contributed by atoms with E-state index in [0.29, 0.717) is 0 Å². The number of nitrogens with zero attached hydrogens (tertiary/aromatic N) is 3. The van der Waals surface area contributed by atoms with Crippen molar-refractivity contribution in [1.29, 1.82) is 0 Å². The van der Waals surface area contributed by atoms with Gasteiger partial charge < -0.3 is 9.64 Å². The van der Waals surface area contributed by atoms with Gasteiger partial charge in [-0.3, -0.25) is 4.90 Å². The van der Waals surface area contributed by atoms with Crippen LogP contribution in [0.2, 0.25) is 0 Å². The summed E-state index contributed by atoms with van der Waals surface area (Å²) >= 11 is 0. The van der Waals surface area contributed by atoms with Gasteiger partial charge in [-0.25, -0.2) is 4.98 Å². The topological polar surface area (TPSA) is 28.6 Å². The Bertz CT molecular complexity index is 563. The quantitative estimate of drug-likeness (QED) is 0.847. The van der Waals surface area contributed by atoms with Gasteiger partial charge in [0.25, 0.3) is 0 Å². The van der Waals surface area contributed by atoms with Gasteiger partial charge in [0.15, 0.2) is 0 Å². The van der Waals surface area contributed by atoms with E-state index in [1.165, 1.54) is 5.56 Å². The molecule has 0 radical (unpaired) electrons. The van der Waals surface area contributed by atoms with E-state index in [4.69, 9.17) is 4.74 Å². The Balaban J connectivity index is 1.45. The molecule has 1 aliphatic rings. The Labute approximate surface area is 132 Å². The van der Waals surface area contributed by atoms with E-state index in [-0.39, 0.29) is 0 Å². The molecular weight excluding hydrogens is 274 g/mol. The molecule has 1 fully saturated rings.